The zero-order valence-electron chi connectivity index (χ0n) is 18.6. The van der Waals surface area contributed by atoms with Crippen LogP contribution in [-0.2, 0) is 4.74 Å². The molecule has 1 unspecified atom stereocenters. The van der Waals surface area contributed by atoms with Gasteiger partial charge in [-0.2, -0.15) is 4.79 Å². The molecule has 10 heteroatoms. The lowest BCUT2D eigenvalue weighted by Gasteiger charge is -2.22. The first-order valence-electron chi connectivity index (χ1n) is 10.2. The molecule has 0 N–H and O–H groups in total. The highest BCUT2D eigenvalue weighted by Gasteiger charge is 2.40. The van der Waals surface area contributed by atoms with Crippen LogP contribution in [0.4, 0.5) is 4.79 Å². The number of amidine groups is 1. The average Bonchev–Trinajstić information content (AvgIpc) is 3.12. The zero-order chi connectivity index (χ0) is 23.5. The average molecular weight is 468 g/mol. The van der Waals surface area contributed by atoms with Gasteiger partial charge in [0, 0.05) is 19.3 Å². The fraction of sp³-hybridized carbons (Fsp3) is 0.261. The van der Waals surface area contributed by atoms with Gasteiger partial charge in [-0.3, -0.25) is 9.78 Å². The number of pyridine rings is 1. The van der Waals surface area contributed by atoms with E-state index in [1.54, 1.807) is 63.7 Å². The van der Waals surface area contributed by atoms with Gasteiger partial charge in [-0.15, -0.1) is 4.58 Å². The maximum Gasteiger partial charge on any atom is 0.509 e. The van der Waals surface area contributed by atoms with E-state index in [4.69, 9.17) is 14.2 Å². The van der Waals surface area contributed by atoms with Crippen LogP contribution in [0.5, 0.6) is 11.5 Å². The first-order chi connectivity index (χ1) is 16.0. The number of fused-ring (bicyclic) bond motifs is 1. The molecule has 3 heterocycles. The number of hydrogen-bond acceptors (Lipinski definition) is 8. The molecular weight excluding hydrogens is 444 g/mol. The van der Waals surface area contributed by atoms with Crippen LogP contribution in [-0.4, -0.2) is 46.9 Å². The minimum atomic E-state index is -0.874. The Bertz CT molecular complexity index is 1410. The van der Waals surface area contributed by atoms with Crippen molar-refractivity contribution in [1.82, 2.24) is 9.55 Å². The number of methoxy groups -OCH3 is 2. The first-order valence-corrected chi connectivity index (χ1v) is 11.0. The summed E-state index contributed by atoms with van der Waals surface area (Å²) in [6.45, 7) is 3.60. The lowest BCUT2D eigenvalue weighted by molar-refractivity contribution is -0.506. The van der Waals surface area contributed by atoms with Gasteiger partial charge >= 0.3 is 16.7 Å². The fourth-order valence-corrected chi connectivity index (χ4v) is 4.66. The Balaban J connectivity index is 2.02. The van der Waals surface area contributed by atoms with Crippen molar-refractivity contribution in [2.24, 2.45) is 4.99 Å². The van der Waals surface area contributed by atoms with E-state index in [2.05, 4.69) is 9.98 Å². The third kappa shape index (κ3) is 4.17. The van der Waals surface area contributed by atoms with Gasteiger partial charge in [0.15, 0.2) is 0 Å². The van der Waals surface area contributed by atoms with Gasteiger partial charge in [-0.1, -0.05) is 17.4 Å². The number of thiazole rings is 1. The first kappa shape index (κ1) is 22.4. The van der Waals surface area contributed by atoms with E-state index < -0.39 is 12.3 Å². The van der Waals surface area contributed by atoms with Crippen molar-refractivity contribution in [2.45, 2.75) is 20.0 Å². The molecule has 0 bridgehead atoms. The molecule has 2 aromatic heterocycles. The summed E-state index contributed by atoms with van der Waals surface area (Å²) in [7, 11) is 3.08. The van der Waals surface area contributed by atoms with Crippen molar-refractivity contribution in [3.63, 3.8) is 0 Å². The van der Waals surface area contributed by atoms with Crippen LogP contribution in [0, 0.1) is 0 Å². The second-order valence-corrected chi connectivity index (χ2v) is 8.07. The number of benzene rings is 1. The van der Waals surface area contributed by atoms with Gasteiger partial charge < -0.3 is 14.2 Å². The molecule has 4 rings (SSSR count). The number of hydrogen-bond donors (Lipinski definition) is 0. The summed E-state index contributed by atoms with van der Waals surface area (Å²) in [5.41, 5.74) is 1.06. The van der Waals surface area contributed by atoms with Crippen LogP contribution in [0.1, 0.15) is 31.1 Å². The largest absolute Gasteiger partial charge is 0.509 e. The highest BCUT2D eigenvalue weighted by molar-refractivity contribution is 7.07. The molecule has 1 amide bonds. The predicted octanol–water partition coefficient (Wildman–Crippen LogP) is 1.92. The Kier molecular flexibility index (Phi) is 6.36. The molecule has 1 aliphatic rings. The number of carbonyl (C=O) groups excluding carboxylic acids is 1. The van der Waals surface area contributed by atoms with E-state index in [-0.39, 0.29) is 12.2 Å². The molecule has 33 heavy (non-hydrogen) atoms. The van der Waals surface area contributed by atoms with Gasteiger partial charge in [0.25, 0.3) is 5.56 Å². The summed E-state index contributed by atoms with van der Waals surface area (Å²) in [6, 6.07) is 8.88. The van der Waals surface area contributed by atoms with Crippen LogP contribution in [0.25, 0.3) is 6.08 Å². The molecule has 0 fully saturated rings. The smallest absolute Gasteiger partial charge is 0.497 e. The standard InChI is InChI=1S/C23H23N4O5S/c1-5-32-23(29)26-14(2)25-22-27(20(26)17-12-16(30-3)8-9-18(17)31-4)21(28)19(33-22)11-15-7-6-10-24-13-15/h6-13,20H,5H2,1-4H3/q+1/b19-11-. The lowest BCUT2D eigenvalue weighted by Crippen LogP contribution is -2.47. The van der Waals surface area contributed by atoms with E-state index in [1.807, 2.05) is 6.07 Å². The second-order valence-electron chi connectivity index (χ2n) is 7.06. The number of ether oxygens (including phenoxy) is 3. The highest BCUT2D eigenvalue weighted by Crippen LogP contribution is 2.32. The Morgan fingerprint density at radius 3 is 2.76 bits per heavy atom. The summed E-state index contributed by atoms with van der Waals surface area (Å²) >= 11 is 1.24. The summed E-state index contributed by atoms with van der Waals surface area (Å²) in [5.74, 6) is 1.45. The van der Waals surface area contributed by atoms with Crippen molar-refractivity contribution in [2.75, 3.05) is 20.8 Å². The Morgan fingerprint density at radius 1 is 1.27 bits per heavy atom. The number of nitrogens with zero attached hydrogens (tertiary/aromatic N) is 4. The van der Waals surface area contributed by atoms with E-state index >= 15 is 0 Å². The minimum absolute atomic E-state index is 0.177. The summed E-state index contributed by atoms with van der Waals surface area (Å²) in [4.78, 5) is 35.7. The topological polar surface area (TPSA) is 95.0 Å². The van der Waals surface area contributed by atoms with Gasteiger partial charge in [0.1, 0.15) is 11.5 Å². The molecule has 1 atom stereocenters. The summed E-state index contributed by atoms with van der Waals surface area (Å²) < 4.78 is 19.6. The van der Waals surface area contributed by atoms with Crippen molar-refractivity contribution in [3.8, 4) is 11.5 Å². The second kappa shape index (κ2) is 9.37. The molecule has 1 aliphatic heterocycles. The van der Waals surface area contributed by atoms with E-state index in [0.29, 0.717) is 32.2 Å². The van der Waals surface area contributed by atoms with Gasteiger partial charge in [0.05, 0.1) is 30.9 Å². The highest BCUT2D eigenvalue weighted by atomic mass is 32.1. The molecule has 0 saturated heterocycles. The predicted molar refractivity (Wildman–Crippen MR) is 123 cm³/mol. The van der Waals surface area contributed by atoms with Crippen molar-refractivity contribution >= 4 is 29.3 Å². The number of aromatic nitrogens is 2. The molecule has 0 radical (unpaired) electrons. The van der Waals surface area contributed by atoms with Gasteiger partial charge in [-0.25, -0.2) is 4.57 Å². The van der Waals surface area contributed by atoms with E-state index in [1.165, 1.54) is 27.6 Å². The lowest BCUT2D eigenvalue weighted by atomic mass is 10.1. The van der Waals surface area contributed by atoms with Gasteiger partial charge in [0.2, 0.25) is 6.17 Å². The molecule has 0 saturated carbocycles. The normalized spacial score (nSPS) is 15.6. The molecule has 9 nitrogen and oxygen atoms in total. The maximum atomic E-state index is 13.6. The number of carbonyl (C=O) groups is 1. The zero-order valence-corrected chi connectivity index (χ0v) is 19.5. The third-order valence-electron chi connectivity index (χ3n) is 5.09. The summed E-state index contributed by atoms with van der Waals surface area (Å²) in [5, 5.41) is 0. The van der Waals surface area contributed by atoms with E-state index in [0.717, 1.165) is 5.56 Å². The molecule has 3 aromatic rings. The van der Waals surface area contributed by atoms with Crippen LogP contribution in [0.2, 0.25) is 0 Å². The molecular formula is C23H23N4O5S+. The Morgan fingerprint density at radius 2 is 2.09 bits per heavy atom. The Labute approximate surface area is 193 Å². The molecule has 0 aliphatic carbocycles. The van der Waals surface area contributed by atoms with Crippen LogP contribution < -0.4 is 24.4 Å². The number of rotatable bonds is 5. The summed E-state index contributed by atoms with van der Waals surface area (Å²) in [6.07, 6.45) is 3.60. The number of amides is 1. The quantitative estimate of drug-likeness (QED) is 0.532. The molecule has 1 aromatic carbocycles. The molecule has 170 valence electrons. The van der Waals surface area contributed by atoms with Crippen molar-refractivity contribution < 1.29 is 23.6 Å². The van der Waals surface area contributed by atoms with Crippen molar-refractivity contribution in [1.29, 1.82) is 0 Å². The monoisotopic (exact) mass is 467 g/mol. The molecule has 0 spiro atoms. The maximum absolute atomic E-state index is 13.6. The van der Waals surface area contributed by atoms with Gasteiger partial charge in [-0.05, 0) is 47.8 Å². The van der Waals surface area contributed by atoms with E-state index in [9.17, 15) is 9.59 Å². The third-order valence-corrected chi connectivity index (χ3v) is 6.08. The Hall–Kier alpha value is -3.79. The van der Waals surface area contributed by atoms with Crippen molar-refractivity contribution in [3.05, 3.63) is 73.5 Å². The fourth-order valence-electron chi connectivity index (χ4n) is 3.62. The van der Waals surface area contributed by atoms with Crippen LogP contribution in [0.3, 0.4) is 0 Å². The SMILES string of the molecule is CCOC(=O)[N+]1=C(C)N=c2s/c(=C\c3cccnc3)c(=O)n2C1c1cc(OC)ccc1OC. The van der Waals surface area contributed by atoms with Crippen LogP contribution >= 0.6 is 11.3 Å². The minimum Gasteiger partial charge on any atom is -0.497 e. The van der Waals surface area contributed by atoms with Crippen LogP contribution in [0.15, 0.2) is 52.5 Å².